The van der Waals surface area contributed by atoms with Gasteiger partial charge in [-0.3, -0.25) is 4.79 Å². The van der Waals surface area contributed by atoms with Gasteiger partial charge >= 0.3 is 5.97 Å². The Morgan fingerprint density at radius 1 is 0.957 bits per heavy atom. The number of methoxy groups -OCH3 is 1. The largest absolute Gasteiger partial charge is 0.469 e. The lowest BCUT2D eigenvalue weighted by Crippen LogP contribution is -1.98. The normalized spacial score (nSPS) is 10.2. The number of carbonyl (C=O) groups excluding carboxylic acids is 1. The van der Waals surface area contributed by atoms with Gasteiger partial charge in [-0.15, -0.1) is 17.5 Å². The highest BCUT2D eigenvalue weighted by Gasteiger charge is 1.96. The van der Waals surface area contributed by atoms with E-state index in [1.165, 1.54) is 77.1 Å². The van der Waals surface area contributed by atoms with Crippen LogP contribution in [-0.4, -0.2) is 18.8 Å². The highest BCUT2D eigenvalue weighted by molar-refractivity contribution is 8.02. The van der Waals surface area contributed by atoms with Gasteiger partial charge in [0.05, 0.1) is 7.11 Å². The van der Waals surface area contributed by atoms with Crippen LogP contribution in [0.1, 0.15) is 90.4 Å². The van der Waals surface area contributed by atoms with Crippen molar-refractivity contribution in [2.45, 2.75) is 90.4 Å². The van der Waals surface area contributed by atoms with Crippen molar-refractivity contribution in [3.63, 3.8) is 0 Å². The van der Waals surface area contributed by atoms with Gasteiger partial charge in [-0.1, -0.05) is 64.7 Å². The minimum atomic E-state index is -0.127. The molecule has 0 aliphatic carbocycles. The number of rotatable bonds is 16. The fourth-order valence-electron chi connectivity index (χ4n) is 2.36. The topological polar surface area (TPSA) is 26.3 Å². The molecule has 0 unspecified atom stereocenters. The molecular formula is C20H36O2S. The first-order valence-corrected chi connectivity index (χ1v) is 10.4. The number of unbranched alkanes of at least 4 members (excludes halogenated alkanes) is 10. The van der Waals surface area contributed by atoms with Crippen LogP contribution in [0.4, 0.5) is 0 Å². The van der Waals surface area contributed by atoms with Crippen LogP contribution in [-0.2, 0) is 9.53 Å². The number of hydrogen-bond donors (Lipinski definition) is 0. The second-order valence-electron chi connectivity index (χ2n) is 6.01. The standard InChI is InChI=1S/C20H36O2S/c1-3-4-5-6-7-8-9-10-12-15-18-23-19-16-13-11-14-17-20(21)22-2/h13,19H,3-12,14-15,17-18H2,1-2H3. The molecule has 0 heterocycles. The van der Waals surface area contributed by atoms with E-state index in [2.05, 4.69) is 17.4 Å². The monoisotopic (exact) mass is 340 g/mol. The van der Waals surface area contributed by atoms with E-state index in [0.29, 0.717) is 6.42 Å². The van der Waals surface area contributed by atoms with E-state index in [1.807, 2.05) is 23.2 Å². The molecule has 0 aromatic carbocycles. The van der Waals surface area contributed by atoms with E-state index in [0.717, 1.165) is 12.8 Å². The van der Waals surface area contributed by atoms with Crippen molar-refractivity contribution in [2.24, 2.45) is 0 Å². The predicted octanol–water partition coefficient (Wildman–Crippen LogP) is 6.65. The third-order valence-corrected chi connectivity index (χ3v) is 4.67. The number of thioether (sulfide) groups is 1. The third kappa shape index (κ3) is 19.3. The minimum absolute atomic E-state index is 0.127. The van der Waals surface area contributed by atoms with Crippen molar-refractivity contribution in [3.8, 4) is 0 Å². The maximum atomic E-state index is 10.9. The van der Waals surface area contributed by atoms with Crippen LogP contribution in [0.5, 0.6) is 0 Å². The summed E-state index contributed by atoms with van der Waals surface area (Å²) in [5.74, 6) is 1.07. The summed E-state index contributed by atoms with van der Waals surface area (Å²) in [7, 11) is 1.43. The molecule has 2 nitrogen and oxygen atoms in total. The molecule has 0 saturated heterocycles. The van der Waals surface area contributed by atoms with Crippen molar-refractivity contribution >= 4 is 17.7 Å². The summed E-state index contributed by atoms with van der Waals surface area (Å²) in [6.45, 7) is 2.27. The molecule has 0 rings (SSSR count). The summed E-state index contributed by atoms with van der Waals surface area (Å²) < 4.78 is 4.59. The van der Waals surface area contributed by atoms with Gasteiger partial charge in [-0.05, 0) is 31.1 Å². The van der Waals surface area contributed by atoms with Crippen molar-refractivity contribution < 1.29 is 9.53 Å². The van der Waals surface area contributed by atoms with Gasteiger partial charge in [0.15, 0.2) is 0 Å². The first kappa shape index (κ1) is 22.3. The van der Waals surface area contributed by atoms with Crippen molar-refractivity contribution in [1.29, 1.82) is 0 Å². The number of hydrogen-bond acceptors (Lipinski definition) is 3. The molecule has 0 N–H and O–H groups in total. The number of ether oxygens (including phenoxy) is 1. The Morgan fingerprint density at radius 2 is 1.57 bits per heavy atom. The summed E-state index contributed by atoms with van der Waals surface area (Å²) in [5, 5.41) is 2.05. The zero-order valence-corrected chi connectivity index (χ0v) is 16.1. The van der Waals surface area contributed by atoms with Crippen molar-refractivity contribution in [3.05, 3.63) is 17.2 Å². The van der Waals surface area contributed by atoms with Crippen LogP contribution in [0.3, 0.4) is 0 Å². The van der Waals surface area contributed by atoms with Gasteiger partial charge in [-0.25, -0.2) is 0 Å². The molecule has 23 heavy (non-hydrogen) atoms. The van der Waals surface area contributed by atoms with E-state index >= 15 is 0 Å². The lowest BCUT2D eigenvalue weighted by molar-refractivity contribution is -0.140. The molecule has 0 aliphatic heterocycles. The molecule has 0 radical (unpaired) electrons. The second-order valence-corrected chi connectivity index (χ2v) is 6.99. The van der Waals surface area contributed by atoms with E-state index in [4.69, 9.17) is 0 Å². The Labute approximate surface area is 148 Å². The molecule has 3 heteroatoms. The second kappa shape index (κ2) is 19.4. The average molecular weight is 341 g/mol. The number of allylic oxidation sites excluding steroid dienone is 1. The number of esters is 1. The van der Waals surface area contributed by atoms with E-state index in [1.54, 1.807) is 0 Å². The molecule has 0 spiro atoms. The van der Waals surface area contributed by atoms with Crippen LogP contribution in [0.15, 0.2) is 17.2 Å². The third-order valence-electron chi connectivity index (χ3n) is 3.84. The fourth-order valence-corrected chi connectivity index (χ4v) is 3.04. The van der Waals surface area contributed by atoms with Crippen LogP contribution in [0, 0.1) is 0 Å². The summed E-state index contributed by atoms with van der Waals surface area (Å²) in [4.78, 5) is 10.9. The first-order chi connectivity index (χ1) is 11.3. The molecular weight excluding hydrogens is 304 g/mol. The summed E-state index contributed by atoms with van der Waals surface area (Å²) in [6.07, 6.45) is 18.2. The quantitative estimate of drug-likeness (QED) is 0.179. The molecule has 0 bridgehead atoms. The summed E-state index contributed by atoms with van der Waals surface area (Å²) in [5.41, 5.74) is 3.17. The van der Waals surface area contributed by atoms with Gasteiger partial charge in [0.2, 0.25) is 0 Å². The number of carbonyl (C=O) groups is 1. The molecule has 0 fully saturated rings. The van der Waals surface area contributed by atoms with E-state index in [9.17, 15) is 4.79 Å². The maximum absolute atomic E-state index is 10.9. The molecule has 0 saturated carbocycles. The summed E-state index contributed by atoms with van der Waals surface area (Å²) in [6, 6.07) is 0. The Morgan fingerprint density at radius 3 is 2.17 bits per heavy atom. The predicted molar refractivity (Wildman–Crippen MR) is 103 cm³/mol. The van der Waals surface area contributed by atoms with Crippen LogP contribution < -0.4 is 0 Å². The Kier molecular flexibility index (Phi) is 18.8. The zero-order valence-electron chi connectivity index (χ0n) is 15.3. The van der Waals surface area contributed by atoms with Gasteiger partial charge in [0.25, 0.3) is 0 Å². The lowest BCUT2D eigenvalue weighted by atomic mass is 10.1. The highest BCUT2D eigenvalue weighted by Crippen LogP contribution is 2.12. The van der Waals surface area contributed by atoms with Crippen LogP contribution in [0.2, 0.25) is 0 Å². The zero-order chi connectivity index (χ0) is 17.0. The molecule has 0 aromatic rings. The maximum Gasteiger partial charge on any atom is 0.305 e. The molecule has 0 aliphatic rings. The Bertz CT molecular complexity index is 320. The van der Waals surface area contributed by atoms with Crippen molar-refractivity contribution in [1.82, 2.24) is 0 Å². The lowest BCUT2D eigenvalue weighted by Gasteiger charge is -2.01. The SMILES string of the molecule is CCCCCCCCCCCCSC=C=CCCCC(=O)OC. The van der Waals surface area contributed by atoms with Crippen LogP contribution in [0.25, 0.3) is 0 Å². The van der Waals surface area contributed by atoms with Crippen LogP contribution >= 0.6 is 11.8 Å². The minimum Gasteiger partial charge on any atom is -0.469 e. The van der Waals surface area contributed by atoms with Gasteiger partial charge in [0.1, 0.15) is 0 Å². The summed E-state index contributed by atoms with van der Waals surface area (Å²) >= 11 is 1.84. The first-order valence-electron chi connectivity index (χ1n) is 9.39. The van der Waals surface area contributed by atoms with Gasteiger partial charge < -0.3 is 4.74 Å². The molecule has 0 atom stereocenters. The molecule has 0 amide bonds. The smallest absolute Gasteiger partial charge is 0.305 e. The Hall–Kier alpha value is -0.660. The molecule has 134 valence electrons. The van der Waals surface area contributed by atoms with E-state index in [-0.39, 0.29) is 5.97 Å². The highest BCUT2D eigenvalue weighted by atomic mass is 32.2. The van der Waals surface area contributed by atoms with Gasteiger partial charge in [0, 0.05) is 11.8 Å². The average Bonchev–Trinajstić information content (AvgIpc) is 2.57. The molecule has 0 aromatic heterocycles. The fraction of sp³-hybridized carbons (Fsp3) is 0.800. The van der Waals surface area contributed by atoms with E-state index < -0.39 is 0 Å². The van der Waals surface area contributed by atoms with Crippen molar-refractivity contribution in [2.75, 3.05) is 12.9 Å². The Balaban J connectivity index is 3.20. The van der Waals surface area contributed by atoms with Gasteiger partial charge in [-0.2, -0.15) is 0 Å².